The summed E-state index contributed by atoms with van der Waals surface area (Å²) in [7, 11) is 2.12. The Morgan fingerprint density at radius 2 is 1.86 bits per heavy atom. The number of hydrogen-bond donors (Lipinski definition) is 2. The summed E-state index contributed by atoms with van der Waals surface area (Å²) in [5.41, 5.74) is 8.76. The fourth-order valence-corrected chi connectivity index (χ4v) is 4.09. The Morgan fingerprint density at radius 1 is 1.17 bits per heavy atom. The van der Waals surface area contributed by atoms with Crippen LogP contribution in [-0.2, 0) is 0 Å². The number of nitrogens with one attached hydrogen (secondary N) is 1. The molecule has 3 N–H and O–H groups in total. The molecule has 2 aromatic carbocycles. The van der Waals surface area contributed by atoms with E-state index < -0.39 is 5.82 Å². The van der Waals surface area contributed by atoms with E-state index in [1.807, 2.05) is 18.2 Å². The van der Waals surface area contributed by atoms with Crippen LogP contribution in [0.1, 0.15) is 41.6 Å². The molecule has 1 heterocycles. The minimum absolute atomic E-state index is 0.196. The van der Waals surface area contributed by atoms with Crippen LogP contribution in [0.3, 0.4) is 0 Å². The average Bonchev–Trinajstić information content (AvgIpc) is 3.42. The van der Waals surface area contributed by atoms with Crippen molar-refractivity contribution in [3.63, 3.8) is 0 Å². The fourth-order valence-electron chi connectivity index (χ4n) is 4.09. The van der Waals surface area contributed by atoms with E-state index in [9.17, 15) is 9.18 Å². The molecule has 1 amide bonds. The van der Waals surface area contributed by atoms with Gasteiger partial charge in [0.15, 0.2) is 0 Å². The van der Waals surface area contributed by atoms with Crippen molar-refractivity contribution in [1.29, 1.82) is 0 Å². The lowest BCUT2D eigenvalue weighted by Crippen LogP contribution is -2.44. The lowest BCUT2D eigenvalue weighted by Gasteiger charge is -2.34. The Labute approximate surface area is 171 Å². The van der Waals surface area contributed by atoms with Crippen LogP contribution in [0.4, 0.5) is 15.8 Å². The molecular weight excluding hydrogens is 367 g/mol. The summed E-state index contributed by atoms with van der Waals surface area (Å²) >= 11 is 0. The normalized spacial score (nSPS) is 24.4. The van der Waals surface area contributed by atoms with Crippen molar-refractivity contribution in [2.24, 2.45) is 5.73 Å². The second kappa shape index (κ2) is 7.76. The molecule has 4 rings (SSSR count). The van der Waals surface area contributed by atoms with Gasteiger partial charge in [-0.25, -0.2) is 4.39 Å². The maximum atomic E-state index is 14.5. The topological polar surface area (TPSA) is 61.6 Å². The van der Waals surface area contributed by atoms with Gasteiger partial charge in [0.2, 0.25) is 0 Å². The largest absolute Gasteiger partial charge is 0.369 e. The molecule has 2 fully saturated rings. The van der Waals surface area contributed by atoms with Crippen molar-refractivity contribution >= 4 is 17.3 Å². The van der Waals surface area contributed by atoms with Gasteiger partial charge >= 0.3 is 0 Å². The summed E-state index contributed by atoms with van der Waals surface area (Å²) in [5, 5.41) is 2.69. The zero-order chi connectivity index (χ0) is 20.6. The van der Waals surface area contributed by atoms with Gasteiger partial charge in [-0.15, -0.1) is 0 Å². The van der Waals surface area contributed by atoms with Crippen molar-refractivity contribution in [3.8, 4) is 0 Å². The number of carbonyl (C=O) groups is 1. The summed E-state index contributed by atoms with van der Waals surface area (Å²) in [6.07, 6.45) is 1.76. The number of benzene rings is 2. The van der Waals surface area contributed by atoms with Crippen LogP contribution in [0.5, 0.6) is 0 Å². The quantitative estimate of drug-likeness (QED) is 0.813. The Kier molecular flexibility index (Phi) is 5.32. The van der Waals surface area contributed by atoms with E-state index in [1.165, 1.54) is 6.07 Å². The zero-order valence-electron chi connectivity index (χ0n) is 17.1. The average molecular weight is 397 g/mol. The summed E-state index contributed by atoms with van der Waals surface area (Å²) in [5.74, 6) is -0.529. The van der Waals surface area contributed by atoms with Crippen LogP contribution >= 0.6 is 0 Å². The first-order chi connectivity index (χ1) is 13.9. The smallest absolute Gasteiger partial charge is 0.255 e. The van der Waals surface area contributed by atoms with Gasteiger partial charge < -0.3 is 20.9 Å². The molecular formula is C23H29FN4O. The molecule has 1 aliphatic heterocycles. The molecule has 0 unspecified atom stereocenters. The van der Waals surface area contributed by atoms with Crippen LogP contribution < -0.4 is 16.0 Å². The van der Waals surface area contributed by atoms with E-state index in [4.69, 9.17) is 5.73 Å². The number of hydrogen-bond acceptors (Lipinski definition) is 4. The van der Waals surface area contributed by atoms with E-state index in [1.54, 1.807) is 18.2 Å². The van der Waals surface area contributed by atoms with E-state index in [-0.39, 0.29) is 23.1 Å². The maximum Gasteiger partial charge on any atom is 0.255 e. The maximum absolute atomic E-state index is 14.5. The molecule has 5 nitrogen and oxygen atoms in total. The van der Waals surface area contributed by atoms with E-state index in [0.29, 0.717) is 5.56 Å². The first-order valence-corrected chi connectivity index (χ1v) is 10.3. The van der Waals surface area contributed by atoms with Crippen molar-refractivity contribution in [2.75, 3.05) is 43.4 Å². The van der Waals surface area contributed by atoms with Gasteiger partial charge in [0.05, 0.1) is 5.69 Å². The van der Waals surface area contributed by atoms with Crippen molar-refractivity contribution in [2.45, 2.75) is 31.2 Å². The number of nitrogens with two attached hydrogens (primary N) is 1. The Balaban J connectivity index is 1.40. The number of rotatable bonds is 5. The molecule has 2 aliphatic rings. The van der Waals surface area contributed by atoms with E-state index in [2.05, 4.69) is 29.1 Å². The Hall–Kier alpha value is -2.44. The second-order valence-electron chi connectivity index (χ2n) is 8.37. The molecule has 1 aliphatic carbocycles. The van der Waals surface area contributed by atoms with E-state index >= 15 is 0 Å². The first kappa shape index (κ1) is 19.9. The number of halogens is 1. The minimum atomic E-state index is -0.421. The van der Waals surface area contributed by atoms with Gasteiger partial charge in [-0.3, -0.25) is 4.79 Å². The summed E-state index contributed by atoms with van der Waals surface area (Å²) < 4.78 is 14.5. The Morgan fingerprint density at radius 3 is 2.45 bits per heavy atom. The molecule has 2 aromatic rings. The standard InChI is InChI=1S/C23H29FN4O/c1-3-23(25)15-19(23)17-6-9-21(20(24)14-17)26-22(29)16-4-7-18(8-5-16)28-12-10-27(2)11-13-28/h4-9,14,19H,3,10-13,15,25H2,1-2H3,(H,26,29)/t19-,23+/m0/s1. The van der Waals surface area contributed by atoms with Gasteiger partial charge in [0.1, 0.15) is 5.82 Å². The highest BCUT2D eigenvalue weighted by molar-refractivity contribution is 6.04. The zero-order valence-corrected chi connectivity index (χ0v) is 17.1. The SMILES string of the molecule is CC[C@@]1(N)C[C@H]1c1ccc(NC(=O)c2ccc(N3CCN(C)CC3)cc2)c(F)c1. The van der Waals surface area contributed by atoms with Crippen LogP contribution in [0, 0.1) is 5.82 Å². The second-order valence-corrected chi connectivity index (χ2v) is 8.37. The molecule has 29 heavy (non-hydrogen) atoms. The highest BCUT2D eigenvalue weighted by atomic mass is 19.1. The van der Waals surface area contributed by atoms with E-state index in [0.717, 1.165) is 50.3 Å². The van der Waals surface area contributed by atoms with Crippen molar-refractivity contribution in [3.05, 3.63) is 59.4 Å². The fraction of sp³-hybridized carbons (Fsp3) is 0.435. The van der Waals surface area contributed by atoms with Crippen LogP contribution in [0.15, 0.2) is 42.5 Å². The number of anilines is 2. The lowest BCUT2D eigenvalue weighted by atomic mass is 10.0. The van der Waals surface area contributed by atoms with Crippen LogP contribution in [0.25, 0.3) is 0 Å². The van der Waals surface area contributed by atoms with Gasteiger partial charge in [-0.1, -0.05) is 13.0 Å². The molecule has 154 valence electrons. The lowest BCUT2D eigenvalue weighted by molar-refractivity contribution is 0.102. The molecule has 1 saturated heterocycles. The number of amides is 1. The molecule has 0 bridgehead atoms. The predicted molar refractivity (Wildman–Crippen MR) is 115 cm³/mol. The third-order valence-electron chi connectivity index (χ3n) is 6.42. The van der Waals surface area contributed by atoms with Gasteiger partial charge in [-0.2, -0.15) is 0 Å². The van der Waals surface area contributed by atoms with Gasteiger partial charge in [0.25, 0.3) is 5.91 Å². The van der Waals surface area contributed by atoms with Gasteiger partial charge in [-0.05, 0) is 61.9 Å². The summed E-state index contributed by atoms with van der Waals surface area (Å²) in [6, 6.07) is 12.5. The highest BCUT2D eigenvalue weighted by Crippen LogP contribution is 2.51. The number of piperazine rings is 1. The molecule has 0 spiro atoms. The molecule has 0 aromatic heterocycles. The first-order valence-electron chi connectivity index (χ1n) is 10.3. The summed E-state index contributed by atoms with van der Waals surface area (Å²) in [6.45, 7) is 6.06. The van der Waals surface area contributed by atoms with Crippen molar-refractivity contribution in [1.82, 2.24) is 4.90 Å². The molecule has 0 radical (unpaired) electrons. The third kappa shape index (κ3) is 4.14. The van der Waals surface area contributed by atoms with Gasteiger partial charge in [0, 0.05) is 48.9 Å². The number of carbonyl (C=O) groups excluding carboxylic acids is 1. The molecule has 2 atom stereocenters. The highest BCUT2D eigenvalue weighted by Gasteiger charge is 2.50. The monoisotopic (exact) mass is 396 g/mol. The number of nitrogens with zero attached hydrogens (tertiary/aromatic N) is 2. The minimum Gasteiger partial charge on any atom is -0.369 e. The molecule has 6 heteroatoms. The third-order valence-corrected chi connectivity index (χ3v) is 6.42. The summed E-state index contributed by atoms with van der Waals surface area (Å²) in [4.78, 5) is 17.2. The number of likely N-dealkylation sites (N-methyl/N-ethyl adjacent to an activating group) is 1. The predicted octanol–water partition coefficient (Wildman–Crippen LogP) is 3.42. The Bertz CT molecular complexity index is 892. The van der Waals surface area contributed by atoms with Crippen molar-refractivity contribution < 1.29 is 9.18 Å². The van der Waals surface area contributed by atoms with Crippen LogP contribution in [-0.4, -0.2) is 49.6 Å². The van der Waals surface area contributed by atoms with Crippen LogP contribution in [0.2, 0.25) is 0 Å². The molecule has 1 saturated carbocycles.